The molecule has 2 bridgehead atoms. The first-order valence-electron chi connectivity index (χ1n) is 11.9. The molecule has 3 atom stereocenters. The number of nitrogens with zero attached hydrogens (tertiary/aromatic N) is 3. The number of hydrogen-bond donors (Lipinski definition) is 1. The topological polar surface area (TPSA) is 98.0 Å². The Kier molecular flexibility index (Phi) is 7.61. The number of fused-ring (bicyclic) bond motifs is 2. The molecule has 1 saturated carbocycles. The molecule has 0 radical (unpaired) electrons. The summed E-state index contributed by atoms with van der Waals surface area (Å²) in [5.74, 6) is -0.542. The molecule has 37 heavy (non-hydrogen) atoms. The van der Waals surface area contributed by atoms with Crippen molar-refractivity contribution in [3.05, 3.63) is 19.9 Å². The third-order valence-electron chi connectivity index (χ3n) is 6.29. The van der Waals surface area contributed by atoms with Gasteiger partial charge in [-0.15, -0.1) is 11.8 Å². The maximum atomic E-state index is 15.4. The van der Waals surface area contributed by atoms with Crippen LogP contribution in [0.15, 0.2) is 15.6 Å². The molecule has 2 aliphatic heterocycles. The monoisotopic (exact) mass is 708 g/mol. The lowest BCUT2D eigenvalue weighted by atomic mass is 9.78. The van der Waals surface area contributed by atoms with Gasteiger partial charge in [-0.05, 0) is 98.8 Å². The van der Waals surface area contributed by atoms with Crippen LogP contribution in [-0.2, 0) is 9.47 Å². The molecule has 3 heterocycles. The molecule has 5 rings (SSSR count). The maximum absolute atomic E-state index is 15.4. The van der Waals surface area contributed by atoms with Crippen LogP contribution in [0.1, 0.15) is 48.0 Å². The fraction of sp³-hybridized carbons (Fsp3) is 0.560. The first-order chi connectivity index (χ1) is 17.0. The van der Waals surface area contributed by atoms with E-state index in [2.05, 4.69) is 20.9 Å². The van der Waals surface area contributed by atoms with Crippen molar-refractivity contribution < 1.29 is 23.5 Å². The second-order valence-corrected chi connectivity index (χ2v) is 14.1. The zero-order valence-corrected chi connectivity index (χ0v) is 26.4. The highest BCUT2D eigenvalue weighted by atomic mass is 127. The van der Waals surface area contributed by atoms with Gasteiger partial charge < -0.3 is 20.1 Å². The van der Waals surface area contributed by atoms with Gasteiger partial charge >= 0.3 is 12.2 Å². The van der Waals surface area contributed by atoms with Crippen LogP contribution in [0, 0.1) is 15.3 Å². The summed E-state index contributed by atoms with van der Waals surface area (Å²) in [5.41, 5.74) is 5.91. The molecule has 3 fully saturated rings. The number of anilines is 2. The predicted octanol–water partition coefficient (Wildman–Crippen LogP) is 6.79. The Morgan fingerprint density at radius 3 is 2.43 bits per heavy atom. The normalized spacial score (nSPS) is 21.1. The van der Waals surface area contributed by atoms with Crippen molar-refractivity contribution >= 4 is 84.7 Å². The van der Waals surface area contributed by atoms with Crippen molar-refractivity contribution in [3.63, 3.8) is 0 Å². The molecular formula is C25H31BrFIN4O4S. The summed E-state index contributed by atoms with van der Waals surface area (Å²) in [7, 11) is 0. The molecule has 0 spiro atoms. The molecule has 8 nitrogen and oxygen atoms in total. The number of amides is 2. The predicted molar refractivity (Wildman–Crippen MR) is 156 cm³/mol. The Hall–Kier alpha value is -1.54. The minimum absolute atomic E-state index is 0.00949. The average molecular weight is 709 g/mol. The number of benzene rings is 1. The number of carbonyl (C=O) groups is 2. The first-order valence-corrected chi connectivity index (χ1v) is 15.0. The van der Waals surface area contributed by atoms with Gasteiger partial charge in [-0.1, -0.05) is 0 Å². The van der Waals surface area contributed by atoms with E-state index in [0.29, 0.717) is 30.7 Å². The van der Waals surface area contributed by atoms with Crippen molar-refractivity contribution in [3.8, 4) is 0 Å². The number of pyridine rings is 1. The molecule has 2 saturated heterocycles. The van der Waals surface area contributed by atoms with Crippen LogP contribution >= 0.6 is 50.3 Å². The van der Waals surface area contributed by atoms with Crippen LogP contribution in [-0.4, -0.2) is 58.2 Å². The van der Waals surface area contributed by atoms with Crippen molar-refractivity contribution in [2.75, 3.05) is 23.4 Å². The second-order valence-electron chi connectivity index (χ2n) is 11.3. The molecule has 2 aromatic rings. The molecule has 1 aromatic carbocycles. The molecule has 0 unspecified atom stereocenters. The van der Waals surface area contributed by atoms with E-state index in [0.717, 1.165) is 6.42 Å². The number of thioether (sulfide) groups is 1. The quantitative estimate of drug-likeness (QED) is 0.213. The van der Waals surface area contributed by atoms with Gasteiger partial charge in [-0.25, -0.2) is 19.0 Å². The van der Waals surface area contributed by atoms with Gasteiger partial charge in [0, 0.05) is 21.4 Å². The Morgan fingerprint density at radius 1 is 1.24 bits per heavy atom. The summed E-state index contributed by atoms with van der Waals surface area (Å²) in [6, 6.07) is 1.07. The summed E-state index contributed by atoms with van der Waals surface area (Å²) >= 11 is 6.60. The highest BCUT2D eigenvalue weighted by molar-refractivity contribution is 14.1. The Labute approximate surface area is 242 Å². The van der Waals surface area contributed by atoms with Gasteiger partial charge in [0.25, 0.3) is 0 Å². The molecule has 3 aliphatic rings. The van der Waals surface area contributed by atoms with Crippen LogP contribution in [0.4, 0.5) is 25.4 Å². The van der Waals surface area contributed by atoms with E-state index in [1.54, 1.807) is 38.0 Å². The van der Waals surface area contributed by atoms with Gasteiger partial charge in [0.15, 0.2) is 5.82 Å². The summed E-state index contributed by atoms with van der Waals surface area (Å²) in [5, 5.41) is 0.806. The van der Waals surface area contributed by atoms with Gasteiger partial charge in [0.1, 0.15) is 21.7 Å². The van der Waals surface area contributed by atoms with E-state index >= 15 is 4.39 Å². The fourth-order valence-corrected chi connectivity index (χ4v) is 6.22. The van der Waals surface area contributed by atoms with Crippen LogP contribution in [0.2, 0.25) is 0 Å². The maximum Gasteiger partial charge on any atom is 0.415 e. The average Bonchev–Trinajstić information content (AvgIpc) is 3.34. The number of nitrogen functional groups attached to an aromatic ring is 1. The van der Waals surface area contributed by atoms with E-state index in [4.69, 9.17) is 15.2 Å². The first kappa shape index (κ1) is 28.5. The van der Waals surface area contributed by atoms with Gasteiger partial charge in [0.2, 0.25) is 0 Å². The van der Waals surface area contributed by atoms with Crippen molar-refractivity contribution in [2.45, 2.75) is 76.3 Å². The zero-order chi connectivity index (χ0) is 27.6. The van der Waals surface area contributed by atoms with E-state index in [-0.39, 0.29) is 23.2 Å². The zero-order valence-electron chi connectivity index (χ0n) is 21.8. The lowest BCUT2D eigenvalue weighted by molar-refractivity contribution is 0.0217. The van der Waals surface area contributed by atoms with E-state index in [1.165, 1.54) is 16.7 Å². The van der Waals surface area contributed by atoms with Crippen molar-refractivity contribution in [1.29, 1.82) is 0 Å². The van der Waals surface area contributed by atoms with Gasteiger partial charge in [-0.2, -0.15) is 0 Å². The Bertz CT molecular complexity index is 1280. The van der Waals surface area contributed by atoms with Crippen molar-refractivity contribution in [1.82, 2.24) is 9.88 Å². The molecular weight excluding hydrogens is 678 g/mol. The molecule has 202 valence electrons. The lowest BCUT2D eigenvalue weighted by Gasteiger charge is -2.44. The number of aromatic nitrogens is 1. The number of halogens is 3. The lowest BCUT2D eigenvalue weighted by Crippen LogP contribution is -2.59. The largest absolute Gasteiger partial charge is 0.444 e. The third kappa shape index (κ3) is 5.34. The van der Waals surface area contributed by atoms with E-state index in [9.17, 15) is 9.59 Å². The molecule has 2 amide bonds. The number of ether oxygens (including phenoxy) is 2. The number of carbonyl (C=O) groups excluding carboxylic acids is 2. The van der Waals surface area contributed by atoms with E-state index in [1.807, 2.05) is 43.4 Å². The minimum Gasteiger partial charge on any atom is -0.444 e. The highest BCUT2D eigenvalue weighted by Crippen LogP contribution is 2.50. The SMILES string of the molecule is CSc1nc2c(F)c(Br)c(I)cc2c(N(C(=O)OC(C)(C)C)[C@H]2[C@H]3C[C@H]2N(C(=O)OC(C)(C)C)C3)c1N. The standard InChI is InChI=1S/C25H31BrFIN4O4S/c1-24(2,3)35-22(33)31-10-11-8-14(31)19(11)32(23(34)36-25(4,5)6)20-12-9-13(28)15(26)16(27)18(12)30-21(37-7)17(20)29/h9,11,14,19H,8,10,29H2,1-7H3/t11-,14+,19-/m0/s1. The summed E-state index contributed by atoms with van der Waals surface area (Å²) in [6.45, 7) is 11.2. The number of hydrogen-bond acceptors (Lipinski definition) is 7. The highest BCUT2D eigenvalue weighted by Gasteiger charge is 2.59. The Balaban J connectivity index is 1.89. The summed E-state index contributed by atoms with van der Waals surface area (Å²) < 4.78 is 27.8. The van der Waals surface area contributed by atoms with Crippen molar-refractivity contribution in [2.24, 2.45) is 5.92 Å². The van der Waals surface area contributed by atoms with Crippen LogP contribution in [0.5, 0.6) is 0 Å². The molecule has 12 heteroatoms. The van der Waals surface area contributed by atoms with E-state index < -0.39 is 35.2 Å². The molecule has 1 aromatic heterocycles. The summed E-state index contributed by atoms with van der Waals surface area (Å²) in [6.07, 6.45) is 1.48. The van der Waals surface area contributed by atoms with Crippen LogP contribution in [0.25, 0.3) is 10.9 Å². The van der Waals surface area contributed by atoms with Gasteiger partial charge in [0.05, 0.1) is 27.9 Å². The Morgan fingerprint density at radius 2 is 1.86 bits per heavy atom. The minimum atomic E-state index is -0.786. The summed E-state index contributed by atoms with van der Waals surface area (Å²) in [4.78, 5) is 34.5. The molecule has 2 N–H and O–H groups in total. The second kappa shape index (κ2) is 9.89. The fourth-order valence-electron chi connectivity index (χ4n) is 4.87. The number of rotatable bonds is 3. The molecule has 1 aliphatic carbocycles. The van der Waals surface area contributed by atoms with Crippen LogP contribution in [0.3, 0.4) is 0 Å². The smallest absolute Gasteiger partial charge is 0.415 e. The third-order valence-corrected chi connectivity index (χ3v) is 9.36. The van der Waals surface area contributed by atoms with Gasteiger partial charge in [-0.3, -0.25) is 4.90 Å². The van der Waals surface area contributed by atoms with Crippen LogP contribution < -0.4 is 10.6 Å². The number of nitrogens with two attached hydrogens (primary N) is 1.